The van der Waals surface area contributed by atoms with Gasteiger partial charge in [-0.25, -0.2) is 0 Å². The van der Waals surface area contributed by atoms with Gasteiger partial charge >= 0.3 is 0 Å². The van der Waals surface area contributed by atoms with Crippen LogP contribution in [0, 0.1) is 6.92 Å². The highest BCUT2D eigenvalue weighted by atomic mass is 16.3. The molecular formula is C8H12NO3+. The monoisotopic (exact) mass is 170 g/mol. The summed E-state index contributed by atoms with van der Waals surface area (Å²) in [6.07, 6.45) is 1.61. The van der Waals surface area contributed by atoms with Gasteiger partial charge in [-0.15, -0.1) is 0 Å². The van der Waals surface area contributed by atoms with Crippen LogP contribution in [0.2, 0.25) is 0 Å². The standard InChI is InChI=1S/C8H11NO3/c1-6-8(12)7(11)2-3-9(6)4-5-10/h2-3,10,12H,4-5H2,1H3/p+1. The molecule has 0 saturated heterocycles. The highest BCUT2D eigenvalue weighted by molar-refractivity contribution is 5.36. The highest BCUT2D eigenvalue weighted by Gasteiger charge is 2.13. The van der Waals surface area contributed by atoms with Gasteiger partial charge < -0.3 is 15.3 Å². The molecule has 0 aliphatic rings. The summed E-state index contributed by atoms with van der Waals surface area (Å²) in [7, 11) is 0. The second-order valence-electron chi connectivity index (χ2n) is 2.55. The summed E-state index contributed by atoms with van der Waals surface area (Å²) >= 11 is 0. The lowest BCUT2D eigenvalue weighted by atomic mass is 10.3. The molecule has 0 radical (unpaired) electrons. The van der Waals surface area contributed by atoms with E-state index in [-0.39, 0.29) is 18.1 Å². The van der Waals surface area contributed by atoms with Gasteiger partial charge in [0.2, 0.25) is 11.4 Å². The Balaban J connectivity index is 3.08. The summed E-state index contributed by atoms with van der Waals surface area (Å²) in [5.41, 5.74) is 0.545. The van der Waals surface area contributed by atoms with Gasteiger partial charge in [0.15, 0.2) is 18.5 Å². The first-order valence-corrected chi connectivity index (χ1v) is 3.68. The van der Waals surface area contributed by atoms with Crippen LogP contribution in [0.15, 0.2) is 12.3 Å². The summed E-state index contributed by atoms with van der Waals surface area (Å²) in [5, 5.41) is 27.0. The van der Waals surface area contributed by atoms with Gasteiger partial charge in [-0.2, -0.15) is 4.57 Å². The largest absolute Gasteiger partial charge is 0.504 e. The fourth-order valence-electron chi connectivity index (χ4n) is 1.02. The van der Waals surface area contributed by atoms with E-state index >= 15 is 0 Å². The van der Waals surface area contributed by atoms with E-state index in [1.165, 1.54) is 6.07 Å². The lowest BCUT2D eigenvalue weighted by Crippen LogP contribution is -2.38. The number of rotatable bonds is 2. The normalized spacial score (nSPS) is 10.2. The molecule has 0 bridgehead atoms. The van der Waals surface area contributed by atoms with Gasteiger partial charge in [0.05, 0.1) is 0 Å². The molecule has 0 spiro atoms. The minimum absolute atomic E-state index is 0.00964. The molecule has 0 fully saturated rings. The Hall–Kier alpha value is -1.29. The molecule has 1 aromatic rings. The maximum absolute atomic E-state index is 9.26. The number of aromatic nitrogens is 1. The summed E-state index contributed by atoms with van der Waals surface area (Å²) in [6.45, 7) is 2.10. The van der Waals surface area contributed by atoms with Crippen LogP contribution in [-0.2, 0) is 6.54 Å². The Bertz CT molecular complexity index is 286. The van der Waals surface area contributed by atoms with Crippen molar-refractivity contribution in [3.63, 3.8) is 0 Å². The number of aliphatic hydroxyl groups is 1. The Morgan fingerprint density at radius 2 is 2.08 bits per heavy atom. The first-order valence-electron chi connectivity index (χ1n) is 3.68. The predicted octanol–water partition coefficient (Wildman–Crippen LogP) is -0.314. The van der Waals surface area contributed by atoms with Gasteiger partial charge in [0.1, 0.15) is 6.61 Å². The minimum atomic E-state index is -0.137. The van der Waals surface area contributed by atoms with E-state index in [1.54, 1.807) is 17.7 Å². The topological polar surface area (TPSA) is 64.6 Å². The number of hydrogen-bond acceptors (Lipinski definition) is 3. The minimum Gasteiger partial charge on any atom is -0.504 e. The fourth-order valence-corrected chi connectivity index (χ4v) is 1.02. The number of pyridine rings is 1. The highest BCUT2D eigenvalue weighted by Crippen LogP contribution is 2.24. The van der Waals surface area contributed by atoms with E-state index in [9.17, 15) is 5.11 Å². The average Bonchev–Trinajstić information content (AvgIpc) is 2.07. The van der Waals surface area contributed by atoms with Crippen molar-refractivity contribution in [2.75, 3.05) is 6.61 Å². The fraction of sp³-hybridized carbons (Fsp3) is 0.375. The molecular weight excluding hydrogens is 158 g/mol. The number of hydrogen-bond donors (Lipinski definition) is 3. The molecule has 1 aromatic heterocycles. The second-order valence-corrected chi connectivity index (χ2v) is 2.55. The lowest BCUT2D eigenvalue weighted by molar-refractivity contribution is -0.704. The number of aromatic hydroxyl groups is 2. The molecule has 66 valence electrons. The molecule has 1 heterocycles. The lowest BCUT2D eigenvalue weighted by Gasteiger charge is -2.01. The quantitative estimate of drug-likeness (QED) is 0.533. The van der Waals surface area contributed by atoms with Gasteiger partial charge in [-0.3, -0.25) is 0 Å². The second kappa shape index (κ2) is 3.40. The first kappa shape index (κ1) is 8.80. The van der Waals surface area contributed by atoms with Crippen LogP contribution >= 0.6 is 0 Å². The Kier molecular flexibility index (Phi) is 2.50. The van der Waals surface area contributed by atoms with Crippen molar-refractivity contribution in [3.05, 3.63) is 18.0 Å². The Labute approximate surface area is 70.3 Å². The van der Waals surface area contributed by atoms with Gasteiger partial charge in [-0.1, -0.05) is 0 Å². The third-order valence-electron chi connectivity index (χ3n) is 1.77. The molecule has 0 aliphatic carbocycles. The molecule has 0 amide bonds. The molecule has 0 atom stereocenters. The average molecular weight is 170 g/mol. The zero-order chi connectivity index (χ0) is 9.14. The summed E-state index contributed by atoms with van der Waals surface area (Å²) in [6, 6.07) is 1.39. The van der Waals surface area contributed by atoms with E-state index in [4.69, 9.17) is 10.2 Å². The van der Waals surface area contributed by atoms with E-state index in [0.717, 1.165) is 0 Å². The number of aliphatic hydroxyl groups excluding tert-OH is 1. The van der Waals surface area contributed by atoms with Crippen molar-refractivity contribution in [1.82, 2.24) is 0 Å². The zero-order valence-electron chi connectivity index (χ0n) is 6.86. The maximum Gasteiger partial charge on any atom is 0.226 e. The molecule has 4 heteroatoms. The summed E-state index contributed by atoms with van der Waals surface area (Å²) in [5.74, 6) is -0.271. The van der Waals surface area contributed by atoms with Crippen LogP contribution in [-0.4, -0.2) is 21.9 Å². The Morgan fingerprint density at radius 3 is 2.67 bits per heavy atom. The van der Waals surface area contributed by atoms with Crippen LogP contribution in [0.4, 0.5) is 0 Å². The Morgan fingerprint density at radius 1 is 1.42 bits per heavy atom. The smallest absolute Gasteiger partial charge is 0.226 e. The van der Waals surface area contributed by atoms with Crippen LogP contribution in [0.3, 0.4) is 0 Å². The van der Waals surface area contributed by atoms with E-state index < -0.39 is 0 Å². The van der Waals surface area contributed by atoms with Crippen molar-refractivity contribution in [2.45, 2.75) is 13.5 Å². The molecule has 0 saturated carbocycles. The van der Waals surface area contributed by atoms with Crippen molar-refractivity contribution < 1.29 is 19.9 Å². The predicted molar refractivity (Wildman–Crippen MR) is 41.8 cm³/mol. The van der Waals surface area contributed by atoms with Crippen LogP contribution in [0.1, 0.15) is 5.69 Å². The van der Waals surface area contributed by atoms with Crippen LogP contribution in [0.25, 0.3) is 0 Å². The molecule has 1 rings (SSSR count). The molecule has 0 unspecified atom stereocenters. The summed E-state index contributed by atoms with van der Waals surface area (Å²) in [4.78, 5) is 0. The van der Waals surface area contributed by atoms with Gasteiger partial charge in [0, 0.05) is 13.0 Å². The van der Waals surface area contributed by atoms with E-state index in [2.05, 4.69) is 0 Å². The van der Waals surface area contributed by atoms with E-state index in [1.807, 2.05) is 0 Å². The third kappa shape index (κ3) is 1.48. The van der Waals surface area contributed by atoms with E-state index in [0.29, 0.717) is 12.2 Å². The third-order valence-corrected chi connectivity index (χ3v) is 1.77. The van der Waals surface area contributed by atoms with Crippen LogP contribution in [0.5, 0.6) is 11.5 Å². The van der Waals surface area contributed by atoms with Crippen molar-refractivity contribution in [1.29, 1.82) is 0 Å². The van der Waals surface area contributed by atoms with Crippen LogP contribution < -0.4 is 4.57 Å². The zero-order valence-corrected chi connectivity index (χ0v) is 6.86. The SMILES string of the molecule is Cc1c(O)c(O)cc[n+]1CCO. The molecule has 3 N–H and O–H groups in total. The maximum atomic E-state index is 9.26. The summed E-state index contributed by atoms with van der Waals surface area (Å²) < 4.78 is 1.66. The molecule has 0 aliphatic heterocycles. The molecule has 4 nitrogen and oxygen atoms in total. The van der Waals surface area contributed by atoms with Gasteiger partial charge in [0.25, 0.3) is 0 Å². The van der Waals surface area contributed by atoms with Gasteiger partial charge in [-0.05, 0) is 0 Å². The van der Waals surface area contributed by atoms with Crippen molar-refractivity contribution in [2.24, 2.45) is 0 Å². The van der Waals surface area contributed by atoms with Crippen molar-refractivity contribution in [3.8, 4) is 11.5 Å². The molecule has 0 aromatic carbocycles. The number of nitrogens with zero attached hydrogens (tertiary/aromatic N) is 1. The molecule has 12 heavy (non-hydrogen) atoms. The van der Waals surface area contributed by atoms with Crippen molar-refractivity contribution >= 4 is 0 Å². The first-order chi connectivity index (χ1) is 5.66.